The number of likely N-dealkylation sites (tertiary alicyclic amines) is 1. The Labute approximate surface area is 267 Å². The molecule has 2 fully saturated rings. The molecule has 9 heteroatoms. The van der Waals surface area contributed by atoms with Gasteiger partial charge in [0, 0.05) is 31.3 Å². The normalized spacial score (nSPS) is 29.8. The average Bonchev–Trinajstić information content (AvgIpc) is 3.40. The third-order valence-corrected chi connectivity index (χ3v) is 11.3. The van der Waals surface area contributed by atoms with Crippen molar-refractivity contribution in [1.82, 2.24) is 9.80 Å². The summed E-state index contributed by atoms with van der Waals surface area (Å²) in [5.74, 6) is -0.0962. The van der Waals surface area contributed by atoms with Crippen molar-refractivity contribution in [2.75, 3.05) is 20.1 Å². The molecule has 1 spiro atoms. The van der Waals surface area contributed by atoms with Gasteiger partial charge in [0.1, 0.15) is 6.10 Å². The van der Waals surface area contributed by atoms with E-state index in [-0.39, 0.29) is 29.2 Å². The molecule has 3 aromatic carbocycles. The highest BCUT2D eigenvalue weighted by molar-refractivity contribution is 5.92. The zero-order valence-corrected chi connectivity index (χ0v) is 26.0. The molecule has 1 saturated carbocycles. The summed E-state index contributed by atoms with van der Waals surface area (Å²) in [6.45, 7) is 3.62. The first kappa shape index (κ1) is 30.8. The largest absolute Gasteiger partial charge is 0.504 e. The Hall–Kier alpha value is -3.82. The van der Waals surface area contributed by atoms with Crippen LogP contribution in [0.2, 0.25) is 0 Å². The number of hydrogen-bond acceptors (Lipinski definition) is 5. The number of benzene rings is 3. The number of hydrogen-bond donors (Lipinski definition) is 2. The molecule has 4 aliphatic rings. The Morgan fingerprint density at radius 2 is 1.91 bits per heavy atom. The number of aromatic hydroxyl groups is 1. The molecular weight excluding hydrogens is 593 g/mol. The molecule has 2 heterocycles. The van der Waals surface area contributed by atoms with E-state index in [0.717, 1.165) is 42.8 Å². The van der Waals surface area contributed by atoms with Crippen molar-refractivity contribution in [3.63, 3.8) is 0 Å². The van der Waals surface area contributed by atoms with Gasteiger partial charge in [-0.3, -0.25) is 9.69 Å². The maximum Gasteiger partial charge on any atom is 0.416 e. The fourth-order valence-corrected chi connectivity index (χ4v) is 9.13. The van der Waals surface area contributed by atoms with E-state index in [4.69, 9.17) is 4.74 Å². The molecule has 2 aliphatic heterocycles. The number of likely N-dealkylation sites (N-methyl/N-ethyl adjacent to an activating group) is 1. The molecule has 3 unspecified atom stereocenters. The second-order valence-corrected chi connectivity index (χ2v) is 13.3. The molecule has 46 heavy (non-hydrogen) atoms. The van der Waals surface area contributed by atoms with E-state index in [9.17, 15) is 28.2 Å². The van der Waals surface area contributed by atoms with Crippen LogP contribution < -0.4 is 4.74 Å². The van der Waals surface area contributed by atoms with Crippen molar-refractivity contribution in [2.45, 2.75) is 74.4 Å². The highest BCUT2D eigenvalue weighted by atomic mass is 19.4. The molecule has 2 aliphatic carbocycles. The summed E-state index contributed by atoms with van der Waals surface area (Å²) < 4.78 is 46.4. The lowest BCUT2D eigenvalue weighted by atomic mass is 9.45. The quantitative estimate of drug-likeness (QED) is 0.314. The number of carbonyl (C=O) groups excluding carboxylic acids is 1. The van der Waals surface area contributed by atoms with Crippen LogP contribution in [0.4, 0.5) is 13.2 Å². The van der Waals surface area contributed by atoms with Crippen LogP contribution in [-0.4, -0.2) is 69.8 Å². The molecule has 242 valence electrons. The summed E-state index contributed by atoms with van der Waals surface area (Å²) in [5, 5.41) is 24.2. The first-order valence-corrected chi connectivity index (χ1v) is 16.1. The van der Waals surface area contributed by atoms with E-state index in [1.165, 1.54) is 29.8 Å². The fraction of sp³-hybridized carbons (Fsp3) is 0.432. The maximum atomic E-state index is 13.6. The summed E-state index contributed by atoms with van der Waals surface area (Å²) in [6, 6.07) is 18.2. The number of halogens is 3. The Morgan fingerprint density at radius 3 is 2.65 bits per heavy atom. The third-order valence-electron chi connectivity index (χ3n) is 11.3. The molecular formula is C37H39F3N2O4. The molecule has 1 amide bonds. The van der Waals surface area contributed by atoms with Crippen LogP contribution in [0.3, 0.4) is 0 Å². The van der Waals surface area contributed by atoms with Gasteiger partial charge < -0.3 is 19.8 Å². The summed E-state index contributed by atoms with van der Waals surface area (Å²) >= 11 is 0. The van der Waals surface area contributed by atoms with Crippen molar-refractivity contribution in [3.05, 3.63) is 101 Å². The molecule has 0 radical (unpaired) electrons. The van der Waals surface area contributed by atoms with Gasteiger partial charge >= 0.3 is 6.18 Å². The average molecular weight is 633 g/mol. The molecule has 2 bridgehead atoms. The summed E-state index contributed by atoms with van der Waals surface area (Å²) in [5.41, 5.74) is 0.700. The zero-order valence-electron chi connectivity index (χ0n) is 26.0. The van der Waals surface area contributed by atoms with E-state index in [1.807, 2.05) is 24.3 Å². The highest BCUT2D eigenvalue weighted by Crippen LogP contribution is 2.67. The van der Waals surface area contributed by atoms with E-state index in [0.29, 0.717) is 31.4 Å². The van der Waals surface area contributed by atoms with Gasteiger partial charge in [0.15, 0.2) is 11.5 Å². The SMILES string of the molecule is CCC1CC(N(C)C(=O)/C=C/c2cccc(C(F)(F)F)c2)C2Oc3c(O)ccc4c3[C@@]23CCN(CCc2ccccc2)[C@H](C4)[C@]13O. The lowest BCUT2D eigenvalue weighted by Crippen LogP contribution is -2.81. The number of nitrogens with zero attached hydrogens (tertiary/aromatic N) is 2. The third kappa shape index (κ3) is 4.57. The van der Waals surface area contributed by atoms with Crippen LogP contribution in [0.15, 0.2) is 72.8 Å². The number of alkyl halides is 3. The van der Waals surface area contributed by atoms with Crippen LogP contribution in [0.1, 0.15) is 54.0 Å². The number of carbonyl (C=O) groups is 1. The predicted octanol–water partition coefficient (Wildman–Crippen LogP) is 5.98. The van der Waals surface area contributed by atoms with Crippen molar-refractivity contribution in [2.24, 2.45) is 5.92 Å². The molecule has 7 rings (SSSR count). The van der Waals surface area contributed by atoms with Gasteiger partial charge in [-0.2, -0.15) is 13.2 Å². The topological polar surface area (TPSA) is 73.2 Å². The fourth-order valence-electron chi connectivity index (χ4n) is 9.13. The van der Waals surface area contributed by atoms with E-state index in [2.05, 4.69) is 24.0 Å². The van der Waals surface area contributed by atoms with Gasteiger partial charge in [0.05, 0.1) is 22.6 Å². The molecule has 0 aromatic heterocycles. The smallest absolute Gasteiger partial charge is 0.416 e. The minimum atomic E-state index is -4.48. The van der Waals surface area contributed by atoms with E-state index < -0.39 is 34.9 Å². The Bertz CT molecular complexity index is 1680. The summed E-state index contributed by atoms with van der Waals surface area (Å²) in [7, 11) is 1.69. The maximum absolute atomic E-state index is 13.6. The predicted molar refractivity (Wildman–Crippen MR) is 168 cm³/mol. The summed E-state index contributed by atoms with van der Waals surface area (Å²) in [6.07, 6.45) is 0.920. The van der Waals surface area contributed by atoms with Crippen LogP contribution in [-0.2, 0) is 29.2 Å². The number of phenols is 1. The lowest BCUT2D eigenvalue weighted by molar-refractivity contribution is -0.228. The van der Waals surface area contributed by atoms with Crippen molar-refractivity contribution in [3.8, 4) is 11.5 Å². The Morgan fingerprint density at radius 1 is 1.13 bits per heavy atom. The van der Waals surface area contributed by atoms with Crippen LogP contribution in [0.5, 0.6) is 11.5 Å². The molecule has 6 nitrogen and oxygen atoms in total. The van der Waals surface area contributed by atoms with Crippen LogP contribution in [0.25, 0.3) is 6.08 Å². The van der Waals surface area contributed by atoms with Crippen molar-refractivity contribution in [1.29, 1.82) is 0 Å². The number of phenolic OH excluding ortho intramolecular Hbond substituents is 1. The Kier molecular flexibility index (Phi) is 7.48. The number of rotatable bonds is 7. The Balaban J connectivity index is 1.23. The first-order valence-electron chi connectivity index (χ1n) is 16.1. The highest BCUT2D eigenvalue weighted by Gasteiger charge is 2.75. The molecule has 3 aromatic rings. The monoisotopic (exact) mass is 632 g/mol. The number of ether oxygens (including phenoxy) is 1. The van der Waals surface area contributed by atoms with Gasteiger partial charge in [-0.05, 0) is 79.1 Å². The van der Waals surface area contributed by atoms with E-state index in [1.54, 1.807) is 18.0 Å². The van der Waals surface area contributed by atoms with Gasteiger partial charge in [0.25, 0.3) is 0 Å². The number of piperidine rings is 1. The van der Waals surface area contributed by atoms with Gasteiger partial charge in [0.2, 0.25) is 5.91 Å². The molecule has 2 N–H and O–H groups in total. The van der Waals surface area contributed by atoms with E-state index >= 15 is 0 Å². The number of amides is 1. The minimum absolute atomic E-state index is 0.0278. The number of aliphatic hydroxyl groups is 1. The first-order chi connectivity index (χ1) is 22.0. The summed E-state index contributed by atoms with van der Waals surface area (Å²) in [4.78, 5) is 17.7. The second-order valence-electron chi connectivity index (χ2n) is 13.3. The molecule has 1 saturated heterocycles. The van der Waals surface area contributed by atoms with Crippen molar-refractivity contribution < 1.29 is 32.9 Å². The second kappa shape index (κ2) is 11.2. The van der Waals surface area contributed by atoms with Crippen LogP contribution >= 0.6 is 0 Å². The zero-order chi connectivity index (χ0) is 32.4. The van der Waals surface area contributed by atoms with Gasteiger partial charge in [-0.25, -0.2) is 0 Å². The lowest BCUT2D eigenvalue weighted by Gasteiger charge is -2.67. The van der Waals surface area contributed by atoms with Gasteiger partial charge in [-0.15, -0.1) is 0 Å². The van der Waals surface area contributed by atoms with Gasteiger partial charge in [-0.1, -0.05) is 61.9 Å². The standard InChI is InChI=1S/C37H39F3N2O4/c1-3-26-22-28(41(2)31(44)15-12-24-10-7-11-27(20-24)37(38,39)40)34-35-17-19-42(18-16-23-8-5-4-6-9-23)30(36(26,35)45)21-25-13-14-29(43)33(46-34)32(25)35/h4-15,20,26,28,30,34,43,45H,3,16-19,21-22H2,1-2H3/b15-12+/t26?,28?,30-,34?,35+,36-/m1/s1. The van der Waals surface area contributed by atoms with Crippen LogP contribution in [0, 0.1) is 5.92 Å². The molecule has 6 atom stereocenters. The van der Waals surface area contributed by atoms with Crippen molar-refractivity contribution >= 4 is 12.0 Å². The minimum Gasteiger partial charge on any atom is -0.504 e.